The number of hydrogen-bond acceptors (Lipinski definition) is 5. The van der Waals surface area contributed by atoms with Crippen LogP contribution >= 0.6 is 0 Å². The van der Waals surface area contributed by atoms with Crippen molar-refractivity contribution in [3.63, 3.8) is 0 Å². The van der Waals surface area contributed by atoms with E-state index in [2.05, 4.69) is 24.8 Å². The minimum Gasteiger partial charge on any atom is -0.454 e. The van der Waals surface area contributed by atoms with Crippen molar-refractivity contribution in [1.29, 1.82) is 0 Å². The van der Waals surface area contributed by atoms with Crippen LogP contribution in [0.2, 0.25) is 0 Å². The van der Waals surface area contributed by atoms with Crippen LogP contribution in [0, 0.1) is 0 Å². The molecule has 21 heavy (non-hydrogen) atoms. The van der Waals surface area contributed by atoms with Crippen molar-refractivity contribution >= 4 is 17.0 Å². The number of benzene rings is 1. The Labute approximate surface area is 120 Å². The van der Waals surface area contributed by atoms with E-state index >= 15 is 0 Å². The molecular weight excluding hydrogens is 270 g/mol. The van der Waals surface area contributed by atoms with Crippen LogP contribution in [0.4, 0.5) is 5.95 Å². The Morgan fingerprint density at radius 2 is 2.19 bits per heavy atom. The van der Waals surface area contributed by atoms with Gasteiger partial charge < -0.3 is 24.3 Å². The van der Waals surface area contributed by atoms with Crippen LogP contribution in [0.25, 0.3) is 11.0 Å². The van der Waals surface area contributed by atoms with Gasteiger partial charge in [-0.25, -0.2) is 9.97 Å². The topological polar surface area (TPSA) is 77.0 Å². The molecule has 0 bridgehead atoms. The van der Waals surface area contributed by atoms with E-state index in [1.54, 1.807) is 6.20 Å². The second-order valence-electron chi connectivity index (χ2n) is 4.89. The standard InChI is InChI=1S/C14H15N5O2/c1(4-19-5-3-15-8-19)2-16-14-17-10-6-12-13(21-9-20-12)7-11(10)18-14/h3,5-8H,1-2,4,9H2,(H2,16,17,18). The Hall–Kier alpha value is -2.70. The number of aromatic nitrogens is 4. The van der Waals surface area contributed by atoms with E-state index in [1.807, 2.05) is 24.7 Å². The molecule has 3 heterocycles. The number of aryl methyl sites for hydroxylation is 1. The van der Waals surface area contributed by atoms with E-state index in [-0.39, 0.29) is 6.79 Å². The Morgan fingerprint density at radius 1 is 1.29 bits per heavy atom. The fraction of sp³-hybridized carbons (Fsp3) is 0.286. The van der Waals surface area contributed by atoms with E-state index in [9.17, 15) is 0 Å². The number of fused-ring (bicyclic) bond motifs is 2. The summed E-state index contributed by atoms with van der Waals surface area (Å²) in [6.45, 7) is 2.05. The summed E-state index contributed by atoms with van der Waals surface area (Å²) < 4.78 is 12.8. The lowest BCUT2D eigenvalue weighted by Crippen LogP contribution is -2.06. The van der Waals surface area contributed by atoms with Gasteiger partial charge in [-0.05, 0) is 6.42 Å². The summed E-state index contributed by atoms with van der Waals surface area (Å²) in [6, 6.07) is 3.81. The van der Waals surface area contributed by atoms with E-state index in [1.165, 1.54) is 0 Å². The minimum atomic E-state index is 0.279. The van der Waals surface area contributed by atoms with Crippen molar-refractivity contribution < 1.29 is 9.47 Å². The molecule has 0 radical (unpaired) electrons. The van der Waals surface area contributed by atoms with Crippen LogP contribution < -0.4 is 14.8 Å². The molecule has 7 nitrogen and oxygen atoms in total. The zero-order valence-electron chi connectivity index (χ0n) is 11.4. The van der Waals surface area contributed by atoms with Crippen molar-refractivity contribution in [1.82, 2.24) is 19.5 Å². The molecule has 0 unspecified atom stereocenters. The fourth-order valence-corrected chi connectivity index (χ4v) is 2.37. The third-order valence-electron chi connectivity index (χ3n) is 3.42. The molecule has 0 aliphatic carbocycles. The lowest BCUT2D eigenvalue weighted by atomic mass is 10.3. The maximum atomic E-state index is 5.36. The molecule has 0 saturated carbocycles. The summed E-state index contributed by atoms with van der Waals surface area (Å²) in [7, 11) is 0. The van der Waals surface area contributed by atoms with Crippen LogP contribution in [0.1, 0.15) is 6.42 Å². The van der Waals surface area contributed by atoms with Gasteiger partial charge in [-0.2, -0.15) is 0 Å². The van der Waals surface area contributed by atoms with Crippen LogP contribution in [-0.2, 0) is 6.54 Å². The Kier molecular flexibility index (Phi) is 2.88. The highest BCUT2D eigenvalue weighted by Crippen LogP contribution is 2.35. The Bertz CT molecular complexity index is 709. The average molecular weight is 285 g/mol. The second kappa shape index (κ2) is 5.01. The van der Waals surface area contributed by atoms with Crippen LogP contribution in [0.5, 0.6) is 11.5 Å². The summed E-state index contributed by atoms with van der Waals surface area (Å²) in [5.41, 5.74) is 1.81. The van der Waals surface area contributed by atoms with Gasteiger partial charge in [0.05, 0.1) is 17.4 Å². The van der Waals surface area contributed by atoms with Gasteiger partial charge in [-0.15, -0.1) is 0 Å². The lowest BCUT2D eigenvalue weighted by Gasteiger charge is -2.03. The monoisotopic (exact) mass is 285 g/mol. The molecule has 0 saturated heterocycles. The predicted octanol–water partition coefficient (Wildman–Crippen LogP) is 1.99. The van der Waals surface area contributed by atoms with Crippen LogP contribution in [-0.4, -0.2) is 32.9 Å². The molecule has 7 heteroatoms. The summed E-state index contributed by atoms with van der Waals surface area (Å²) in [5, 5.41) is 3.29. The van der Waals surface area contributed by atoms with Gasteiger partial charge in [0, 0.05) is 37.6 Å². The molecule has 0 amide bonds. The van der Waals surface area contributed by atoms with Crippen LogP contribution in [0.15, 0.2) is 30.9 Å². The molecule has 1 aliphatic rings. The third kappa shape index (κ3) is 2.37. The summed E-state index contributed by atoms with van der Waals surface area (Å²) >= 11 is 0. The smallest absolute Gasteiger partial charge is 0.231 e. The van der Waals surface area contributed by atoms with Gasteiger partial charge in [0.2, 0.25) is 12.7 Å². The van der Waals surface area contributed by atoms with Gasteiger partial charge in [0.25, 0.3) is 0 Å². The third-order valence-corrected chi connectivity index (χ3v) is 3.42. The van der Waals surface area contributed by atoms with Crippen molar-refractivity contribution in [2.75, 3.05) is 18.7 Å². The molecular formula is C14H15N5O2. The molecule has 4 rings (SSSR count). The molecule has 1 aromatic carbocycles. The Balaban J connectivity index is 1.40. The molecule has 1 aliphatic heterocycles. The van der Waals surface area contributed by atoms with Crippen molar-refractivity contribution in [3.05, 3.63) is 30.9 Å². The quantitative estimate of drug-likeness (QED) is 0.701. The zero-order chi connectivity index (χ0) is 14.1. The maximum absolute atomic E-state index is 5.36. The zero-order valence-corrected chi connectivity index (χ0v) is 11.4. The Morgan fingerprint density at radius 3 is 3.05 bits per heavy atom. The van der Waals surface area contributed by atoms with E-state index in [0.717, 1.165) is 48.0 Å². The summed E-state index contributed by atoms with van der Waals surface area (Å²) in [6.07, 6.45) is 6.57. The van der Waals surface area contributed by atoms with Crippen molar-refractivity contribution in [2.24, 2.45) is 0 Å². The first-order valence-electron chi connectivity index (χ1n) is 6.87. The number of rotatable bonds is 5. The molecule has 2 aromatic heterocycles. The first kappa shape index (κ1) is 12.1. The van der Waals surface area contributed by atoms with Crippen LogP contribution in [0.3, 0.4) is 0 Å². The van der Waals surface area contributed by atoms with Gasteiger partial charge in [-0.3, -0.25) is 0 Å². The number of anilines is 1. The molecule has 0 spiro atoms. The summed E-state index contributed by atoms with van der Waals surface area (Å²) in [5.74, 6) is 2.28. The van der Waals surface area contributed by atoms with Gasteiger partial charge in [-0.1, -0.05) is 0 Å². The van der Waals surface area contributed by atoms with E-state index in [0.29, 0.717) is 0 Å². The lowest BCUT2D eigenvalue weighted by molar-refractivity contribution is 0.174. The molecule has 0 fully saturated rings. The molecule has 3 aromatic rings. The van der Waals surface area contributed by atoms with Crippen molar-refractivity contribution in [2.45, 2.75) is 13.0 Å². The number of nitrogens with zero attached hydrogens (tertiary/aromatic N) is 3. The number of ether oxygens (including phenoxy) is 2. The average Bonchev–Trinajstić information content (AvgIpc) is 3.20. The highest BCUT2D eigenvalue weighted by atomic mass is 16.7. The highest BCUT2D eigenvalue weighted by molar-refractivity contribution is 5.81. The van der Waals surface area contributed by atoms with Gasteiger partial charge in [0.1, 0.15) is 0 Å². The summed E-state index contributed by atoms with van der Waals surface area (Å²) in [4.78, 5) is 11.8. The number of H-pyrrole nitrogens is 1. The number of imidazole rings is 2. The van der Waals surface area contributed by atoms with E-state index in [4.69, 9.17) is 9.47 Å². The first-order chi connectivity index (χ1) is 10.4. The van der Waals surface area contributed by atoms with Gasteiger partial charge >= 0.3 is 0 Å². The highest BCUT2D eigenvalue weighted by Gasteiger charge is 2.15. The normalized spacial score (nSPS) is 13.0. The number of nitrogens with one attached hydrogen (secondary N) is 2. The fourth-order valence-electron chi connectivity index (χ4n) is 2.37. The largest absolute Gasteiger partial charge is 0.454 e. The first-order valence-corrected chi connectivity index (χ1v) is 6.87. The molecule has 2 N–H and O–H groups in total. The van der Waals surface area contributed by atoms with E-state index < -0.39 is 0 Å². The molecule has 0 atom stereocenters. The SMILES string of the molecule is c1cn(CCCNc2nc3cc4c(cc3[nH]2)OCO4)cn1. The van der Waals surface area contributed by atoms with Gasteiger partial charge in [0.15, 0.2) is 11.5 Å². The minimum absolute atomic E-state index is 0.279. The second-order valence-corrected chi connectivity index (χ2v) is 4.89. The number of aromatic amines is 1. The number of hydrogen-bond donors (Lipinski definition) is 2. The maximum Gasteiger partial charge on any atom is 0.231 e. The molecule has 108 valence electrons. The van der Waals surface area contributed by atoms with Crippen molar-refractivity contribution in [3.8, 4) is 11.5 Å². The predicted molar refractivity (Wildman–Crippen MR) is 77.6 cm³/mol.